The summed E-state index contributed by atoms with van der Waals surface area (Å²) in [6, 6.07) is 0. The van der Waals surface area contributed by atoms with Gasteiger partial charge in [-0.1, -0.05) is 268 Å². The number of ether oxygens (including phenoxy) is 3. The van der Waals surface area contributed by atoms with Crippen LogP contribution in [-0.4, -0.2) is 37.2 Å². The van der Waals surface area contributed by atoms with E-state index in [0.29, 0.717) is 19.3 Å². The Hall–Kier alpha value is -2.89. The number of rotatable bonds is 59. The Morgan fingerprint density at radius 1 is 0.270 bits per heavy atom. The van der Waals surface area contributed by atoms with Crippen molar-refractivity contribution in [1.82, 2.24) is 0 Å². The molecule has 0 heterocycles. The second kappa shape index (κ2) is 62.6. The number of allylic oxidation sites excluding steroid dienone is 10. The van der Waals surface area contributed by atoms with Crippen LogP contribution in [0.5, 0.6) is 0 Å². The molecule has 0 saturated carbocycles. The molecule has 0 aliphatic heterocycles. The summed E-state index contributed by atoms with van der Waals surface area (Å²) in [5.74, 6) is -0.880. The fourth-order valence-electron chi connectivity index (χ4n) is 9.32. The maximum atomic E-state index is 12.9. The van der Waals surface area contributed by atoms with Gasteiger partial charge in [0.2, 0.25) is 0 Å². The first kappa shape index (κ1) is 71.1. The molecule has 0 rings (SSSR count). The number of esters is 3. The summed E-state index contributed by atoms with van der Waals surface area (Å²) in [7, 11) is 0. The highest BCUT2D eigenvalue weighted by Crippen LogP contribution is 2.16. The summed E-state index contributed by atoms with van der Waals surface area (Å²) in [4.78, 5) is 38.3. The Morgan fingerprint density at radius 3 is 0.784 bits per heavy atom. The van der Waals surface area contributed by atoms with Crippen molar-refractivity contribution in [3.63, 3.8) is 0 Å². The second-order valence-electron chi connectivity index (χ2n) is 21.7. The molecule has 1 unspecified atom stereocenters. The monoisotopic (exact) mass is 1030 g/mol. The predicted octanol–water partition coefficient (Wildman–Crippen LogP) is 21.9. The largest absolute Gasteiger partial charge is 0.462 e. The smallest absolute Gasteiger partial charge is 0.306 e. The molecule has 0 aliphatic rings. The van der Waals surface area contributed by atoms with Gasteiger partial charge in [-0.15, -0.1) is 0 Å². The maximum absolute atomic E-state index is 12.9. The summed E-state index contributed by atoms with van der Waals surface area (Å²) >= 11 is 0. The molecular formula is C68H122O6. The average molecular weight is 1040 g/mol. The molecule has 6 heteroatoms. The van der Waals surface area contributed by atoms with Crippen molar-refractivity contribution in [1.29, 1.82) is 0 Å². The highest BCUT2D eigenvalue weighted by Gasteiger charge is 2.19. The molecule has 0 N–H and O–H groups in total. The molecule has 0 amide bonds. The Labute approximate surface area is 460 Å². The van der Waals surface area contributed by atoms with Crippen molar-refractivity contribution in [3.8, 4) is 0 Å². The van der Waals surface area contributed by atoms with E-state index in [4.69, 9.17) is 14.2 Å². The normalized spacial score (nSPS) is 12.4. The average Bonchev–Trinajstić information content (AvgIpc) is 3.40. The summed E-state index contributed by atoms with van der Waals surface area (Å²) in [6.07, 6.45) is 79.4. The van der Waals surface area contributed by atoms with Crippen LogP contribution in [-0.2, 0) is 28.6 Å². The molecule has 430 valence electrons. The highest BCUT2D eigenvalue weighted by atomic mass is 16.6. The van der Waals surface area contributed by atoms with E-state index in [-0.39, 0.29) is 31.1 Å². The number of unbranched alkanes of at least 4 members (excludes halogenated alkanes) is 38. The highest BCUT2D eigenvalue weighted by molar-refractivity contribution is 5.71. The molecule has 6 nitrogen and oxygen atoms in total. The van der Waals surface area contributed by atoms with Crippen LogP contribution in [0.15, 0.2) is 60.8 Å². The standard InChI is InChI=1S/C68H122O6/c1-4-7-10-13-16-19-22-25-28-30-31-32-33-34-35-36-37-39-40-43-46-49-52-55-58-61-67(70)73-64-65(63-72-66(69)60-57-54-51-48-45-42-27-24-21-18-15-12-9-6-3)74-68(71)62-59-56-53-50-47-44-41-38-29-26-23-20-17-14-11-8-5-2/h17,20,22,24-27,29-31,65H,4-16,18-19,21,23,28,32-64H2,1-3H3/b20-17-,25-22-,27-24-,29-26-,31-30-. The van der Waals surface area contributed by atoms with Gasteiger partial charge in [-0.3, -0.25) is 14.4 Å². The van der Waals surface area contributed by atoms with Gasteiger partial charge in [0.25, 0.3) is 0 Å². The van der Waals surface area contributed by atoms with Gasteiger partial charge in [-0.05, 0) is 109 Å². The van der Waals surface area contributed by atoms with E-state index in [2.05, 4.69) is 81.5 Å². The first-order valence-electron chi connectivity index (χ1n) is 32.3. The first-order chi connectivity index (χ1) is 36.5. The van der Waals surface area contributed by atoms with E-state index >= 15 is 0 Å². The van der Waals surface area contributed by atoms with Crippen molar-refractivity contribution in [3.05, 3.63) is 60.8 Å². The molecule has 0 aromatic rings. The van der Waals surface area contributed by atoms with Gasteiger partial charge in [0.1, 0.15) is 13.2 Å². The van der Waals surface area contributed by atoms with Gasteiger partial charge < -0.3 is 14.2 Å². The van der Waals surface area contributed by atoms with Crippen LogP contribution < -0.4 is 0 Å². The lowest BCUT2D eigenvalue weighted by Gasteiger charge is -2.18. The molecule has 0 aliphatic carbocycles. The zero-order valence-electron chi connectivity index (χ0n) is 49.4. The van der Waals surface area contributed by atoms with Gasteiger partial charge in [-0.25, -0.2) is 0 Å². The van der Waals surface area contributed by atoms with Crippen LogP contribution in [0.25, 0.3) is 0 Å². The van der Waals surface area contributed by atoms with E-state index in [0.717, 1.165) is 83.5 Å². The lowest BCUT2D eigenvalue weighted by Crippen LogP contribution is -2.30. The minimum atomic E-state index is -0.782. The summed E-state index contributed by atoms with van der Waals surface area (Å²) in [6.45, 7) is 6.62. The third kappa shape index (κ3) is 60.0. The Kier molecular flexibility index (Phi) is 60.2. The van der Waals surface area contributed by atoms with Crippen LogP contribution in [0.3, 0.4) is 0 Å². The van der Waals surface area contributed by atoms with Gasteiger partial charge in [0.05, 0.1) is 0 Å². The third-order valence-corrected chi connectivity index (χ3v) is 14.2. The predicted molar refractivity (Wildman–Crippen MR) is 321 cm³/mol. The first-order valence-corrected chi connectivity index (χ1v) is 32.3. The van der Waals surface area contributed by atoms with Crippen molar-refractivity contribution in [2.24, 2.45) is 0 Å². The van der Waals surface area contributed by atoms with Crippen LogP contribution in [0, 0.1) is 0 Å². The van der Waals surface area contributed by atoms with Crippen molar-refractivity contribution >= 4 is 17.9 Å². The minimum Gasteiger partial charge on any atom is -0.462 e. The van der Waals surface area contributed by atoms with E-state index in [9.17, 15) is 14.4 Å². The Balaban J connectivity index is 4.30. The third-order valence-electron chi connectivity index (χ3n) is 14.2. The number of carbonyl (C=O) groups is 3. The molecule has 0 aromatic heterocycles. The molecule has 0 spiro atoms. The molecule has 1 atom stereocenters. The molecule has 74 heavy (non-hydrogen) atoms. The molecule has 0 aromatic carbocycles. The van der Waals surface area contributed by atoms with Gasteiger partial charge in [0, 0.05) is 19.3 Å². The Morgan fingerprint density at radius 2 is 0.486 bits per heavy atom. The van der Waals surface area contributed by atoms with Gasteiger partial charge in [-0.2, -0.15) is 0 Å². The van der Waals surface area contributed by atoms with Crippen molar-refractivity contribution in [2.45, 2.75) is 341 Å². The molecule has 0 radical (unpaired) electrons. The van der Waals surface area contributed by atoms with E-state index in [1.807, 2.05) is 0 Å². The molecule has 0 bridgehead atoms. The van der Waals surface area contributed by atoms with Crippen LogP contribution in [0.1, 0.15) is 335 Å². The lowest BCUT2D eigenvalue weighted by molar-refractivity contribution is -0.167. The summed E-state index contributed by atoms with van der Waals surface area (Å²) in [5.41, 5.74) is 0. The van der Waals surface area contributed by atoms with Gasteiger partial charge in [0.15, 0.2) is 6.10 Å². The van der Waals surface area contributed by atoms with E-state index < -0.39 is 6.10 Å². The molecule has 0 saturated heterocycles. The van der Waals surface area contributed by atoms with Crippen molar-refractivity contribution < 1.29 is 28.6 Å². The van der Waals surface area contributed by atoms with Gasteiger partial charge >= 0.3 is 17.9 Å². The van der Waals surface area contributed by atoms with E-state index in [1.54, 1.807) is 0 Å². The Bertz CT molecular complexity index is 1330. The van der Waals surface area contributed by atoms with Crippen LogP contribution in [0.4, 0.5) is 0 Å². The van der Waals surface area contributed by atoms with Crippen LogP contribution >= 0.6 is 0 Å². The number of carbonyl (C=O) groups excluding carboxylic acids is 3. The number of hydrogen-bond donors (Lipinski definition) is 0. The zero-order valence-corrected chi connectivity index (χ0v) is 49.4. The lowest BCUT2D eigenvalue weighted by atomic mass is 10.0. The zero-order chi connectivity index (χ0) is 53.6. The molecule has 0 fully saturated rings. The maximum Gasteiger partial charge on any atom is 0.306 e. The SMILES string of the molecule is CCCCC/C=C\C/C=C\CCCCCCCCCC(=O)OC(COC(=O)CCCCCCC/C=C\CCCCCCC)COC(=O)CCCCCCCCCCCCCCC/C=C\C/C=C\CCCCCCC. The van der Waals surface area contributed by atoms with Crippen LogP contribution in [0.2, 0.25) is 0 Å². The summed E-state index contributed by atoms with van der Waals surface area (Å²) < 4.78 is 16.9. The number of hydrogen-bond acceptors (Lipinski definition) is 6. The fourth-order valence-corrected chi connectivity index (χ4v) is 9.32. The topological polar surface area (TPSA) is 78.9 Å². The quantitative estimate of drug-likeness (QED) is 0.0261. The second-order valence-corrected chi connectivity index (χ2v) is 21.7. The van der Waals surface area contributed by atoms with E-state index in [1.165, 1.54) is 212 Å². The minimum absolute atomic E-state index is 0.0785. The summed E-state index contributed by atoms with van der Waals surface area (Å²) in [5, 5.41) is 0. The fraction of sp³-hybridized carbons (Fsp3) is 0.809. The molecular weight excluding hydrogens is 913 g/mol. The van der Waals surface area contributed by atoms with Crippen molar-refractivity contribution in [2.75, 3.05) is 13.2 Å².